The first-order valence-electron chi connectivity index (χ1n) is 7.89. The van der Waals surface area contributed by atoms with Gasteiger partial charge in [0.1, 0.15) is 0 Å². The fourth-order valence-corrected chi connectivity index (χ4v) is 4.09. The van der Waals surface area contributed by atoms with Crippen LogP contribution in [0.4, 0.5) is 0 Å². The van der Waals surface area contributed by atoms with E-state index in [0.717, 1.165) is 24.8 Å². The van der Waals surface area contributed by atoms with Crippen molar-refractivity contribution in [1.29, 1.82) is 0 Å². The standard InChI is InChI=1S/C16H24N2O4S/c1-22-12-9-17-16(19)13-14-5-7-15(8-6-14)23(20,21)18-10-3-2-4-11-18/h5-8H,2-4,9-13H2,1H3,(H,17,19). The second-order valence-corrected chi connectivity index (χ2v) is 7.57. The minimum absolute atomic E-state index is 0.103. The molecule has 1 fully saturated rings. The molecule has 6 nitrogen and oxygen atoms in total. The molecule has 0 aliphatic carbocycles. The van der Waals surface area contributed by atoms with E-state index in [1.54, 1.807) is 35.7 Å². The number of carbonyl (C=O) groups is 1. The molecular weight excluding hydrogens is 316 g/mol. The molecule has 1 saturated heterocycles. The molecule has 0 spiro atoms. The number of sulfonamides is 1. The normalized spacial score (nSPS) is 16.2. The fraction of sp³-hybridized carbons (Fsp3) is 0.562. The van der Waals surface area contributed by atoms with Gasteiger partial charge in [0.05, 0.1) is 17.9 Å². The predicted molar refractivity (Wildman–Crippen MR) is 87.6 cm³/mol. The van der Waals surface area contributed by atoms with Crippen molar-refractivity contribution in [2.45, 2.75) is 30.6 Å². The van der Waals surface area contributed by atoms with Crippen LogP contribution in [0.25, 0.3) is 0 Å². The number of ether oxygens (including phenoxy) is 1. The van der Waals surface area contributed by atoms with Gasteiger partial charge in [-0.1, -0.05) is 18.6 Å². The van der Waals surface area contributed by atoms with Gasteiger partial charge in [-0.15, -0.1) is 0 Å². The summed E-state index contributed by atoms with van der Waals surface area (Å²) in [7, 11) is -1.83. The average Bonchev–Trinajstić information content (AvgIpc) is 2.56. The first kappa shape index (κ1) is 17.9. The molecule has 7 heteroatoms. The van der Waals surface area contributed by atoms with Crippen LogP contribution < -0.4 is 5.32 Å². The molecule has 1 aromatic carbocycles. The van der Waals surface area contributed by atoms with Crippen molar-refractivity contribution in [3.05, 3.63) is 29.8 Å². The zero-order valence-electron chi connectivity index (χ0n) is 13.5. The van der Waals surface area contributed by atoms with Crippen LogP contribution in [0.5, 0.6) is 0 Å². The number of hydrogen-bond donors (Lipinski definition) is 1. The van der Waals surface area contributed by atoms with E-state index in [4.69, 9.17) is 4.74 Å². The van der Waals surface area contributed by atoms with Gasteiger partial charge in [-0.25, -0.2) is 8.42 Å². The molecule has 0 saturated carbocycles. The maximum absolute atomic E-state index is 12.5. The molecule has 1 aliphatic heterocycles. The number of methoxy groups -OCH3 is 1. The van der Waals surface area contributed by atoms with Gasteiger partial charge in [0.2, 0.25) is 15.9 Å². The molecule has 128 valence electrons. The molecule has 0 radical (unpaired) electrons. The number of nitrogens with one attached hydrogen (secondary N) is 1. The molecule has 0 bridgehead atoms. The van der Waals surface area contributed by atoms with E-state index in [-0.39, 0.29) is 12.3 Å². The lowest BCUT2D eigenvalue weighted by Crippen LogP contribution is -2.35. The van der Waals surface area contributed by atoms with Crippen LogP contribution in [0.3, 0.4) is 0 Å². The highest BCUT2D eigenvalue weighted by atomic mass is 32.2. The monoisotopic (exact) mass is 340 g/mol. The van der Waals surface area contributed by atoms with Crippen molar-refractivity contribution in [2.75, 3.05) is 33.4 Å². The van der Waals surface area contributed by atoms with Crippen molar-refractivity contribution >= 4 is 15.9 Å². The summed E-state index contributed by atoms with van der Waals surface area (Å²) in [4.78, 5) is 12.0. The molecular formula is C16H24N2O4S. The second-order valence-electron chi connectivity index (χ2n) is 5.63. The van der Waals surface area contributed by atoms with Crippen LogP contribution >= 0.6 is 0 Å². The summed E-state index contributed by atoms with van der Waals surface area (Å²) < 4.78 is 31.5. The molecule has 1 aromatic rings. The zero-order valence-corrected chi connectivity index (χ0v) is 14.3. The van der Waals surface area contributed by atoms with Gasteiger partial charge in [0.25, 0.3) is 0 Å². The largest absolute Gasteiger partial charge is 0.383 e. The number of benzene rings is 1. The lowest BCUT2D eigenvalue weighted by Gasteiger charge is -2.25. The lowest BCUT2D eigenvalue weighted by molar-refractivity contribution is -0.120. The summed E-state index contributed by atoms with van der Waals surface area (Å²) in [6, 6.07) is 6.57. The van der Waals surface area contributed by atoms with Gasteiger partial charge < -0.3 is 10.1 Å². The summed E-state index contributed by atoms with van der Waals surface area (Å²) in [5, 5.41) is 2.74. The Bertz CT molecular complexity index is 607. The van der Waals surface area contributed by atoms with Crippen molar-refractivity contribution in [2.24, 2.45) is 0 Å². The Hall–Kier alpha value is -1.44. The molecule has 2 rings (SSSR count). The molecule has 1 heterocycles. The Labute approximate surface area is 137 Å². The smallest absolute Gasteiger partial charge is 0.243 e. The van der Waals surface area contributed by atoms with Crippen LogP contribution in [0.2, 0.25) is 0 Å². The Morgan fingerprint density at radius 3 is 2.43 bits per heavy atom. The van der Waals surface area contributed by atoms with E-state index in [1.165, 1.54) is 0 Å². The number of carbonyl (C=O) groups excluding carboxylic acids is 1. The Kier molecular flexibility index (Phi) is 6.56. The quantitative estimate of drug-likeness (QED) is 0.756. The maximum Gasteiger partial charge on any atom is 0.243 e. The molecule has 1 aliphatic rings. The summed E-state index contributed by atoms with van der Waals surface area (Å²) in [6.07, 6.45) is 3.15. The van der Waals surface area contributed by atoms with Gasteiger partial charge in [-0.3, -0.25) is 4.79 Å². The highest BCUT2D eigenvalue weighted by Crippen LogP contribution is 2.20. The van der Waals surface area contributed by atoms with Crippen molar-refractivity contribution in [3.63, 3.8) is 0 Å². The van der Waals surface area contributed by atoms with Crippen LogP contribution in [-0.2, 0) is 26.0 Å². The lowest BCUT2D eigenvalue weighted by atomic mass is 10.1. The predicted octanol–water partition coefficient (Wildman–Crippen LogP) is 1.17. The minimum Gasteiger partial charge on any atom is -0.383 e. The average molecular weight is 340 g/mol. The van der Waals surface area contributed by atoms with Crippen molar-refractivity contribution < 1.29 is 17.9 Å². The van der Waals surface area contributed by atoms with E-state index in [1.807, 2.05) is 0 Å². The van der Waals surface area contributed by atoms with E-state index < -0.39 is 10.0 Å². The number of nitrogens with zero attached hydrogens (tertiary/aromatic N) is 1. The number of piperidine rings is 1. The SMILES string of the molecule is COCCNC(=O)Cc1ccc(S(=O)(=O)N2CCCCC2)cc1. The second kappa shape index (κ2) is 8.42. The Balaban J connectivity index is 1.97. The van der Waals surface area contributed by atoms with E-state index >= 15 is 0 Å². The van der Waals surface area contributed by atoms with Gasteiger partial charge in [-0.05, 0) is 30.5 Å². The first-order chi connectivity index (χ1) is 11.0. The van der Waals surface area contributed by atoms with Crippen molar-refractivity contribution in [3.8, 4) is 0 Å². The summed E-state index contributed by atoms with van der Waals surface area (Å²) >= 11 is 0. The van der Waals surface area contributed by atoms with E-state index in [9.17, 15) is 13.2 Å². The van der Waals surface area contributed by atoms with E-state index in [2.05, 4.69) is 5.32 Å². The minimum atomic E-state index is -3.41. The van der Waals surface area contributed by atoms with Gasteiger partial charge in [-0.2, -0.15) is 4.31 Å². The van der Waals surface area contributed by atoms with Crippen LogP contribution in [0, 0.1) is 0 Å². The number of amides is 1. The summed E-state index contributed by atoms with van der Waals surface area (Å²) in [6.45, 7) is 2.12. The van der Waals surface area contributed by atoms with Gasteiger partial charge in [0, 0.05) is 26.7 Å². The number of rotatable bonds is 7. The van der Waals surface area contributed by atoms with Crippen LogP contribution in [0.15, 0.2) is 29.2 Å². The molecule has 23 heavy (non-hydrogen) atoms. The number of hydrogen-bond acceptors (Lipinski definition) is 4. The van der Waals surface area contributed by atoms with Crippen LogP contribution in [0.1, 0.15) is 24.8 Å². The molecule has 0 unspecified atom stereocenters. The molecule has 1 amide bonds. The molecule has 1 N–H and O–H groups in total. The third kappa shape index (κ3) is 5.02. The summed E-state index contributed by atoms with van der Waals surface area (Å²) in [5.41, 5.74) is 0.789. The maximum atomic E-state index is 12.5. The topological polar surface area (TPSA) is 75.7 Å². The Morgan fingerprint density at radius 1 is 1.17 bits per heavy atom. The highest BCUT2D eigenvalue weighted by molar-refractivity contribution is 7.89. The first-order valence-corrected chi connectivity index (χ1v) is 9.33. The van der Waals surface area contributed by atoms with Crippen LogP contribution in [-0.4, -0.2) is 52.0 Å². The Morgan fingerprint density at radius 2 is 1.83 bits per heavy atom. The van der Waals surface area contributed by atoms with Crippen molar-refractivity contribution in [1.82, 2.24) is 9.62 Å². The highest BCUT2D eigenvalue weighted by Gasteiger charge is 2.25. The van der Waals surface area contributed by atoms with E-state index in [0.29, 0.717) is 31.1 Å². The third-order valence-electron chi connectivity index (χ3n) is 3.87. The zero-order chi connectivity index (χ0) is 16.7. The molecule has 0 aromatic heterocycles. The van der Waals surface area contributed by atoms with Gasteiger partial charge in [0.15, 0.2) is 0 Å². The summed E-state index contributed by atoms with van der Waals surface area (Å²) in [5.74, 6) is -0.103. The fourth-order valence-electron chi connectivity index (χ4n) is 2.57. The van der Waals surface area contributed by atoms with Gasteiger partial charge >= 0.3 is 0 Å². The third-order valence-corrected chi connectivity index (χ3v) is 5.78. The molecule has 0 atom stereocenters.